The monoisotopic (exact) mass is 461 g/mol. The highest BCUT2D eigenvalue weighted by molar-refractivity contribution is 7.89. The maximum absolute atomic E-state index is 13.5. The number of carbonyl (C=O) groups excluding carboxylic acids is 2. The molecule has 0 spiro atoms. The number of nitrogens with zero attached hydrogens (tertiary/aromatic N) is 2. The smallest absolute Gasteiger partial charge is 0.262 e. The Morgan fingerprint density at radius 3 is 2.84 bits per heavy atom. The molecule has 0 saturated carbocycles. The number of fused-ring (bicyclic) bond motifs is 2. The summed E-state index contributed by atoms with van der Waals surface area (Å²) in [4.78, 5) is 26.4. The van der Waals surface area contributed by atoms with Gasteiger partial charge in [0.05, 0.1) is 10.7 Å². The summed E-state index contributed by atoms with van der Waals surface area (Å²) in [6.45, 7) is 0.572. The summed E-state index contributed by atoms with van der Waals surface area (Å²) < 4.78 is 33.6. The number of amides is 2. The molecule has 8 nitrogen and oxygen atoms in total. The zero-order valence-electron chi connectivity index (χ0n) is 16.5. The van der Waals surface area contributed by atoms with Crippen LogP contribution in [0.15, 0.2) is 41.3 Å². The molecule has 0 bridgehead atoms. The fourth-order valence-electron chi connectivity index (χ4n) is 4.43. The highest BCUT2D eigenvalue weighted by Gasteiger charge is 2.43. The predicted molar refractivity (Wildman–Crippen MR) is 115 cm³/mol. The minimum absolute atomic E-state index is 0.0332. The van der Waals surface area contributed by atoms with Gasteiger partial charge >= 0.3 is 0 Å². The molecule has 0 unspecified atom stereocenters. The van der Waals surface area contributed by atoms with Gasteiger partial charge in [-0.3, -0.25) is 9.59 Å². The number of rotatable bonds is 3. The number of carbonyl (C=O) groups is 2. The Hall–Kier alpha value is -2.62. The minimum atomic E-state index is -4.06. The maximum Gasteiger partial charge on any atom is 0.262 e. The second-order valence-corrected chi connectivity index (χ2v) is 10.0. The number of hydrogen-bond acceptors (Lipinski definition) is 5. The van der Waals surface area contributed by atoms with Crippen molar-refractivity contribution in [1.29, 1.82) is 0 Å². The molecule has 1 fully saturated rings. The van der Waals surface area contributed by atoms with Crippen molar-refractivity contribution in [3.63, 3.8) is 0 Å². The Morgan fingerprint density at radius 2 is 2.00 bits per heavy atom. The lowest BCUT2D eigenvalue weighted by atomic mass is 10.1. The Kier molecular flexibility index (Phi) is 4.91. The first-order chi connectivity index (χ1) is 14.9. The van der Waals surface area contributed by atoms with Crippen LogP contribution in [0.4, 0.5) is 11.4 Å². The number of nitrogens with one attached hydrogen (secondary N) is 1. The third-order valence-electron chi connectivity index (χ3n) is 5.90. The van der Waals surface area contributed by atoms with Crippen molar-refractivity contribution in [2.24, 2.45) is 0 Å². The van der Waals surface area contributed by atoms with E-state index in [2.05, 4.69) is 5.32 Å². The first-order valence-corrected chi connectivity index (χ1v) is 11.9. The van der Waals surface area contributed by atoms with Crippen LogP contribution in [0.1, 0.15) is 18.4 Å². The summed E-state index contributed by atoms with van der Waals surface area (Å²) in [6, 6.07) is 9.57. The van der Waals surface area contributed by atoms with Gasteiger partial charge in [-0.15, -0.1) is 0 Å². The normalized spacial score (nSPS) is 20.7. The van der Waals surface area contributed by atoms with Crippen molar-refractivity contribution in [2.45, 2.75) is 30.2 Å². The van der Waals surface area contributed by atoms with Crippen LogP contribution in [0, 0.1) is 0 Å². The first-order valence-electron chi connectivity index (χ1n) is 10.0. The van der Waals surface area contributed by atoms with E-state index in [0.717, 1.165) is 17.7 Å². The Balaban J connectivity index is 1.47. The predicted octanol–water partition coefficient (Wildman–Crippen LogP) is 2.41. The van der Waals surface area contributed by atoms with Crippen molar-refractivity contribution in [1.82, 2.24) is 4.31 Å². The summed E-state index contributed by atoms with van der Waals surface area (Å²) >= 11 is 6.29. The van der Waals surface area contributed by atoms with Gasteiger partial charge in [-0.25, -0.2) is 8.42 Å². The van der Waals surface area contributed by atoms with Gasteiger partial charge in [-0.1, -0.05) is 29.8 Å². The molecular weight excluding hydrogens is 442 g/mol. The van der Waals surface area contributed by atoms with Gasteiger partial charge in [-0.2, -0.15) is 4.31 Å². The highest BCUT2D eigenvalue weighted by Crippen LogP contribution is 2.39. The van der Waals surface area contributed by atoms with Crippen LogP contribution in [0.2, 0.25) is 5.02 Å². The zero-order valence-corrected chi connectivity index (χ0v) is 18.1. The molecular formula is C21H20ClN3O5S. The molecule has 3 aliphatic heterocycles. The average molecular weight is 462 g/mol. The maximum atomic E-state index is 13.5. The fraction of sp³-hybridized carbons (Fsp3) is 0.333. The molecule has 3 aliphatic rings. The number of halogens is 1. The van der Waals surface area contributed by atoms with Crippen molar-refractivity contribution < 1.29 is 22.7 Å². The number of anilines is 2. The molecule has 1 N–H and O–H groups in total. The molecule has 162 valence electrons. The van der Waals surface area contributed by atoms with Crippen molar-refractivity contribution in [3.8, 4) is 5.75 Å². The van der Waals surface area contributed by atoms with E-state index in [4.69, 9.17) is 16.3 Å². The van der Waals surface area contributed by atoms with Crippen LogP contribution >= 0.6 is 11.6 Å². The SMILES string of the molecule is O=C1COc2cc(S(=O)(=O)N3CCC[C@@H]3C(=O)N3CCc4ccccc43)c(Cl)cc2N1. The van der Waals surface area contributed by atoms with E-state index in [1.54, 1.807) is 4.90 Å². The van der Waals surface area contributed by atoms with Crippen LogP contribution in [0.25, 0.3) is 0 Å². The first kappa shape index (κ1) is 20.3. The third-order valence-corrected chi connectivity index (χ3v) is 8.27. The average Bonchev–Trinajstić information content (AvgIpc) is 3.40. The molecule has 1 saturated heterocycles. The number of ether oxygens (including phenoxy) is 1. The number of para-hydroxylation sites is 1. The number of hydrogen-bond donors (Lipinski definition) is 1. The van der Waals surface area contributed by atoms with Crippen LogP contribution in [-0.4, -0.2) is 50.3 Å². The molecule has 1 atom stereocenters. The summed E-state index contributed by atoms with van der Waals surface area (Å²) in [5, 5.41) is 2.57. The standard InChI is InChI=1S/C21H20ClN3O5S/c22-14-10-15-18(30-12-20(26)23-15)11-19(14)31(28,29)25-8-3-6-17(25)21(27)24-9-7-13-4-1-2-5-16(13)24/h1-2,4-5,10-11,17H,3,6-9,12H2,(H,23,26)/t17-/m1/s1. The lowest BCUT2D eigenvalue weighted by Crippen LogP contribution is -2.47. The Labute approximate surface area is 184 Å². The molecule has 2 aromatic carbocycles. The van der Waals surface area contributed by atoms with Gasteiger partial charge in [0.25, 0.3) is 5.91 Å². The van der Waals surface area contributed by atoms with Crippen LogP contribution in [-0.2, 0) is 26.0 Å². The molecule has 2 aromatic rings. The van der Waals surface area contributed by atoms with E-state index in [1.807, 2.05) is 24.3 Å². The van der Waals surface area contributed by atoms with E-state index >= 15 is 0 Å². The van der Waals surface area contributed by atoms with Gasteiger partial charge in [0.2, 0.25) is 15.9 Å². The molecule has 5 rings (SSSR count). The second-order valence-electron chi connectivity index (χ2n) is 7.76. The van der Waals surface area contributed by atoms with Crippen molar-refractivity contribution >= 4 is 44.8 Å². The van der Waals surface area contributed by atoms with Gasteiger partial charge in [-0.05, 0) is 37.0 Å². The summed E-state index contributed by atoms with van der Waals surface area (Å²) in [6.07, 6.45) is 1.78. The summed E-state index contributed by atoms with van der Waals surface area (Å²) in [5.74, 6) is -0.322. The molecule has 31 heavy (non-hydrogen) atoms. The van der Waals surface area contributed by atoms with Gasteiger partial charge in [0, 0.05) is 24.8 Å². The van der Waals surface area contributed by atoms with Crippen molar-refractivity contribution in [3.05, 3.63) is 47.0 Å². The topological polar surface area (TPSA) is 96.0 Å². The van der Waals surface area contributed by atoms with Gasteiger partial charge in [0.15, 0.2) is 6.61 Å². The number of benzene rings is 2. The quantitative estimate of drug-likeness (QED) is 0.757. The lowest BCUT2D eigenvalue weighted by molar-refractivity contribution is -0.121. The van der Waals surface area contributed by atoms with Gasteiger partial charge < -0.3 is 15.0 Å². The Bertz CT molecular complexity index is 1200. The highest BCUT2D eigenvalue weighted by atomic mass is 35.5. The lowest BCUT2D eigenvalue weighted by Gasteiger charge is -2.28. The van der Waals surface area contributed by atoms with E-state index < -0.39 is 16.1 Å². The van der Waals surface area contributed by atoms with E-state index in [-0.39, 0.29) is 40.6 Å². The molecule has 0 aromatic heterocycles. The Morgan fingerprint density at radius 1 is 1.19 bits per heavy atom. The molecule has 0 radical (unpaired) electrons. The fourth-order valence-corrected chi connectivity index (χ4v) is 6.60. The third kappa shape index (κ3) is 3.37. The summed E-state index contributed by atoms with van der Waals surface area (Å²) in [5.41, 5.74) is 2.25. The van der Waals surface area contributed by atoms with Crippen LogP contribution in [0.3, 0.4) is 0 Å². The molecule has 10 heteroatoms. The van der Waals surface area contributed by atoms with Crippen LogP contribution < -0.4 is 15.0 Å². The number of sulfonamides is 1. The van der Waals surface area contributed by atoms with Crippen molar-refractivity contribution in [2.75, 3.05) is 29.9 Å². The van der Waals surface area contributed by atoms with E-state index in [9.17, 15) is 18.0 Å². The second kappa shape index (κ2) is 7.51. The van der Waals surface area contributed by atoms with Crippen LogP contribution in [0.5, 0.6) is 5.75 Å². The largest absolute Gasteiger partial charge is 0.482 e. The zero-order chi connectivity index (χ0) is 21.8. The molecule has 2 amide bonds. The van der Waals surface area contributed by atoms with E-state index in [0.29, 0.717) is 25.1 Å². The van der Waals surface area contributed by atoms with E-state index in [1.165, 1.54) is 16.4 Å². The molecule has 0 aliphatic carbocycles. The molecule has 3 heterocycles. The summed E-state index contributed by atoms with van der Waals surface area (Å²) in [7, 11) is -4.06. The minimum Gasteiger partial charge on any atom is -0.482 e. The van der Waals surface area contributed by atoms with Gasteiger partial charge in [0.1, 0.15) is 16.7 Å².